The molecule has 25 heavy (non-hydrogen) atoms. The Labute approximate surface area is 186 Å². The fourth-order valence-electron chi connectivity index (χ4n) is 4.38. The zero-order valence-corrected chi connectivity index (χ0v) is 19.5. The summed E-state index contributed by atoms with van der Waals surface area (Å²) in [5.74, 6) is 0.327. The van der Waals surface area contributed by atoms with Crippen molar-refractivity contribution in [1.82, 2.24) is 4.90 Å². The molecule has 1 fully saturated rings. The van der Waals surface area contributed by atoms with Crippen LogP contribution in [-0.4, -0.2) is 42.3 Å². The van der Waals surface area contributed by atoms with Gasteiger partial charge in [0.2, 0.25) is 0 Å². The number of nitrogens with zero attached hydrogens (tertiary/aromatic N) is 2. The van der Waals surface area contributed by atoms with Gasteiger partial charge < -0.3 is 10.0 Å². The van der Waals surface area contributed by atoms with Crippen molar-refractivity contribution in [2.24, 2.45) is 5.92 Å². The molecule has 0 bridgehead atoms. The predicted octanol–water partition coefficient (Wildman–Crippen LogP) is 2.93. The van der Waals surface area contributed by atoms with Gasteiger partial charge in [-0.1, -0.05) is 48.5 Å². The van der Waals surface area contributed by atoms with Crippen LogP contribution >= 0.6 is 0 Å². The van der Waals surface area contributed by atoms with Crippen LogP contribution in [0, 0.1) is 50.0 Å². The molecule has 1 N–H and O–H groups in total. The zero-order valence-electron chi connectivity index (χ0n) is 14.7. The Bertz CT molecular complexity index is 679. The molecule has 0 aliphatic carbocycles. The van der Waals surface area contributed by atoms with E-state index in [1.165, 1.54) is 16.8 Å². The number of anilines is 1. The molecule has 1 saturated heterocycles. The van der Waals surface area contributed by atoms with E-state index < -0.39 is 0 Å². The van der Waals surface area contributed by atoms with Crippen LogP contribution in [0.2, 0.25) is 0 Å². The molecule has 4 heteroatoms. The summed E-state index contributed by atoms with van der Waals surface area (Å²) in [6, 6.07) is 19.9. The number of likely N-dealkylation sites (tertiary alicyclic amines) is 1. The van der Waals surface area contributed by atoms with Crippen LogP contribution in [0.4, 0.5) is 5.69 Å². The van der Waals surface area contributed by atoms with E-state index in [-0.39, 0.29) is 50.7 Å². The summed E-state index contributed by atoms with van der Waals surface area (Å²) >= 11 is 0. The number of hydrogen-bond donors (Lipinski definition) is 1. The molecule has 3 nitrogen and oxygen atoms in total. The first-order valence-corrected chi connectivity index (χ1v) is 9.07. The molecule has 2 aromatic carbocycles. The van der Waals surface area contributed by atoms with Gasteiger partial charge in [0, 0.05) is 94.5 Å². The molecule has 2 aromatic rings. The summed E-state index contributed by atoms with van der Waals surface area (Å²) < 4.78 is 0. The molecule has 0 aromatic heterocycles. The number of fused-ring (bicyclic) bond motifs is 1. The summed E-state index contributed by atoms with van der Waals surface area (Å²) in [5, 5.41) is 10.0. The molecule has 2 heterocycles. The Morgan fingerprint density at radius 2 is 1.72 bits per heavy atom. The van der Waals surface area contributed by atoms with Crippen molar-refractivity contribution >= 4 is 5.69 Å². The van der Waals surface area contributed by atoms with Crippen molar-refractivity contribution in [2.45, 2.75) is 25.4 Å². The molecule has 2 aliphatic heterocycles. The summed E-state index contributed by atoms with van der Waals surface area (Å²) in [7, 11) is 0. The second-order valence-electron chi connectivity index (χ2n) is 7.09. The molecule has 1 radical (unpaired) electrons. The van der Waals surface area contributed by atoms with Crippen molar-refractivity contribution in [1.29, 1.82) is 0 Å². The van der Waals surface area contributed by atoms with E-state index in [9.17, 15) is 5.11 Å². The van der Waals surface area contributed by atoms with Crippen LogP contribution in [0.1, 0.15) is 17.5 Å². The molecule has 0 saturated carbocycles. The smallest absolute Gasteiger partial charge is 0.0491 e. The van der Waals surface area contributed by atoms with Crippen LogP contribution in [0.25, 0.3) is 0 Å². The fraction of sp³-hybridized carbons (Fsp3) is 0.429. The van der Waals surface area contributed by atoms with Crippen molar-refractivity contribution < 1.29 is 49.2 Å². The SMILES string of the molecule is OCC1CN(Cc2ccccc2)CCC1N1CCc2ccccc21.[Ac]. The third-order valence-corrected chi connectivity index (χ3v) is 5.58. The van der Waals surface area contributed by atoms with E-state index >= 15 is 0 Å². The quantitative estimate of drug-likeness (QED) is 0.636. The van der Waals surface area contributed by atoms with E-state index in [1.807, 2.05) is 0 Å². The van der Waals surface area contributed by atoms with E-state index in [1.54, 1.807) is 0 Å². The van der Waals surface area contributed by atoms with E-state index in [0.29, 0.717) is 12.0 Å². The Morgan fingerprint density at radius 3 is 2.52 bits per heavy atom. The van der Waals surface area contributed by atoms with Gasteiger partial charge in [-0.15, -0.1) is 0 Å². The molecule has 2 atom stereocenters. The third-order valence-electron chi connectivity index (χ3n) is 5.58. The fourth-order valence-corrected chi connectivity index (χ4v) is 4.38. The molecule has 0 spiro atoms. The number of aliphatic hydroxyl groups is 1. The monoisotopic (exact) mass is 549 g/mol. The second kappa shape index (κ2) is 9.00. The maximum atomic E-state index is 10.0. The molecule has 2 aliphatic rings. The first-order chi connectivity index (χ1) is 11.8. The van der Waals surface area contributed by atoms with E-state index in [4.69, 9.17) is 0 Å². The minimum Gasteiger partial charge on any atom is -0.396 e. The van der Waals surface area contributed by atoms with Gasteiger partial charge in [0.1, 0.15) is 0 Å². The minimum absolute atomic E-state index is 0. The van der Waals surface area contributed by atoms with Crippen molar-refractivity contribution in [3.05, 3.63) is 65.7 Å². The number of benzene rings is 2. The Kier molecular flexibility index (Phi) is 6.97. The molecular formula is C21H26AcN2O. The van der Waals surface area contributed by atoms with Gasteiger partial charge in [-0.3, -0.25) is 4.90 Å². The molecule has 129 valence electrons. The first kappa shape index (κ1) is 19.4. The molecule has 0 amide bonds. The van der Waals surface area contributed by atoms with Crippen LogP contribution in [-0.2, 0) is 13.0 Å². The van der Waals surface area contributed by atoms with Gasteiger partial charge in [-0.2, -0.15) is 0 Å². The van der Waals surface area contributed by atoms with Gasteiger partial charge in [0.25, 0.3) is 0 Å². The predicted molar refractivity (Wildman–Crippen MR) is 98.2 cm³/mol. The molecule has 2 unspecified atom stereocenters. The maximum absolute atomic E-state index is 10.0. The van der Waals surface area contributed by atoms with Gasteiger partial charge >= 0.3 is 0 Å². The summed E-state index contributed by atoms with van der Waals surface area (Å²) in [4.78, 5) is 5.05. The van der Waals surface area contributed by atoms with Gasteiger partial charge in [0.05, 0.1) is 0 Å². The van der Waals surface area contributed by atoms with Crippen LogP contribution < -0.4 is 4.90 Å². The first-order valence-electron chi connectivity index (χ1n) is 9.07. The minimum atomic E-state index is 0. The average Bonchev–Trinajstić information content (AvgIpc) is 3.06. The summed E-state index contributed by atoms with van der Waals surface area (Å²) in [6.45, 7) is 4.44. The normalized spacial score (nSPS) is 23.2. The van der Waals surface area contributed by atoms with Gasteiger partial charge in [0.15, 0.2) is 0 Å². The average molecular weight is 549 g/mol. The zero-order chi connectivity index (χ0) is 16.4. The summed E-state index contributed by atoms with van der Waals surface area (Å²) in [5.41, 5.74) is 4.21. The largest absolute Gasteiger partial charge is 0.396 e. The summed E-state index contributed by atoms with van der Waals surface area (Å²) in [6.07, 6.45) is 2.27. The number of rotatable bonds is 4. The van der Waals surface area contributed by atoms with Crippen LogP contribution in [0.5, 0.6) is 0 Å². The van der Waals surface area contributed by atoms with Crippen LogP contribution in [0.15, 0.2) is 54.6 Å². The second-order valence-corrected chi connectivity index (χ2v) is 7.09. The number of hydrogen-bond acceptors (Lipinski definition) is 3. The van der Waals surface area contributed by atoms with Crippen molar-refractivity contribution in [2.75, 3.05) is 31.1 Å². The van der Waals surface area contributed by atoms with Gasteiger partial charge in [-0.25, -0.2) is 0 Å². The standard InChI is InChI=1S/C21H26N2O.Ac/c24-16-19-15-22(14-17-6-2-1-3-7-17)12-11-21(19)23-13-10-18-8-4-5-9-20(18)23;/h1-9,19,21,24H,10-16H2;. The topological polar surface area (TPSA) is 26.7 Å². The van der Waals surface area contributed by atoms with E-state index in [2.05, 4.69) is 64.4 Å². The maximum Gasteiger partial charge on any atom is 0.0491 e. The Hall–Kier alpha value is -0.398. The number of aliphatic hydroxyl groups excluding tert-OH is 1. The Morgan fingerprint density at radius 1 is 0.960 bits per heavy atom. The van der Waals surface area contributed by atoms with Crippen LogP contribution in [0.3, 0.4) is 0 Å². The van der Waals surface area contributed by atoms with E-state index in [0.717, 1.165) is 39.0 Å². The number of piperidine rings is 1. The van der Waals surface area contributed by atoms with Crippen molar-refractivity contribution in [3.63, 3.8) is 0 Å². The molecule has 4 rings (SSSR count). The molecular weight excluding hydrogens is 523 g/mol. The van der Waals surface area contributed by atoms with Gasteiger partial charge in [-0.05, 0) is 30.0 Å². The third kappa shape index (κ3) is 4.30. The number of para-hydroxylation sites is 1. The Balaban J connectivity index is 0.00000182. The van der Waals surface area contributed by atoms with Crippen molar-refractivity contribution in [3.8, 4) is 0 Å².